The second-order valence-corrected chi connectivity index (χ2v) is 4.48. The first-order valence-electron chi connectivity index (χ1n) is 5.81. The Labute approximate surface area is 103 Å². The van der Waals surface area contributed by atoms with E-state index in [2.05, 4.69) is 27.2 Å². The summed E-state index contributed by atoms with van der Waals surface area (Å²) in [6, 6.07) is 6.43. The minimum absolute atomic E-state index is 0.0419. The number of halogens is 1. The average Bonchev–Trinajstić information content (AvgIpc) is 3.01. The van der Waals surface area contributed by atoms with Crippen LogP contribution in [0, 0.1) is 11.7 Å². The van der Waals surface area contributed by atoms with Crippen LogP contribution in [0.2, 0.25) is 0 Å². The number of rotatable bonds is 3. The number of benzene rings is 1. The summed E-state index contributed by atoms with van der Waals surface area (Å²) in [5.41, 5.74) is 11.7. The maximum Gasteiger partial charge on any atom is 0.226 e. The van der Waals surface area contributed by atoms with Crippen LogP contribution in [0.1, 0.15) is 17.9 Å². The fourth-order valence-corrected chi connectivity index (χ4v) is 2.16. The highest BCUT2D eigenvalue weighted by Crippen LogP contribution is 2.47. The summed E-state index contributed by atoms with van der Waals surface area (Å²) >= 11 is 0. The molecule has 1 aliphatic heterocycles. The molecule has 0 spiro atoms. The first kappa shape index (κ1) is 11.5. The van der Waals surface area contributed by atoms with Gasteiger partial charge >= 0.3 is 0 Å². The van der Waals surface area contributed by atoms with E-state index in [1.165, 1.54) is 12.1 Å². The van der Waals surface area contributed by atoms with Gasteiger partial charge in [-0.2, -0.15) is 11.1 Å². The van der Waals surface area contributed by atoms with Crippen LogP contribution in [-0.4, -0.2) is 12.2 Å². The fraction of sp³-hybridized carbons (Fsp3) is 0.364. The molecule has 7 heteroatoms. The Balaban J connectivity index is 1.58. The Kier molecular flexibility index (Phi) is 2.96. The first-order valence-corrected chi connectivity index (χ1v) is 5.81. The number of amides is 1. The lowest BCUT2D eigenvalue weighted by atomic mass is 10.1. The molecule has 2 fully saturated rings. The zero-order valence-electron chi connectivity index (χ0n) is 9.53. The Hall–Kier alpha value is -1.54. The van der Waals surface area contributed by atoms with Crippen molar-refractivity contribution in [2.75, 3.05) is 0 Å². The predicted octanol–water partition coefficient (Wildman–Crippen LogP) is -0.554. The molecule has 2 unspecified atom stereocenters. The molecule has 0 radical (unpaired) electrons. The SMILES string of the molecule is O=C(NC1NNNN1)C1CC1c1cccc(F)c1. The number of hydrogen-bond donors (Lipinski definition) is 5. The van der Waals surface area contributed by atoms with Gasteiger partial charge in [0.15, 0.2) is 6.29 Å². The first-order chi connectivity index (χ1) is 8.74. The molecule has 2 atom stereocenters. The monoisotopic (exact) mass is 251 g/mol. The minimum atomic E-state index is -0.341. The number of hydrazine groups is 3. The zero-order valence-corrected chi connectivity index (χ0v) is 9.53. The topological polar surface area (TPSA) is 77.2 Å². The van der Waals surface area contributed by atoms with E-state index in [1.807, 2.05) is 6.07 Å². The molecule has 0 aromatic heterocycles. The van der Waals surface area contributed by atoms with Crippen LogP contribution < -0.4 is 27.2 Å². The highest BCUT2D eigenvalue weighted by Gasteiger charge is 2.44. The zero-order chi connectivity index (χ0) is 12.5. The minimum Gasteiger partial charge on any atom is -0.326 e. The standard InChI is InChI=1S/C11H14FN5O/c12-7-3-1-2-6(4-7)8-5-9(8)10(18)13-11-14-16-17-15-11/h1-4,8-9,11,14-17H,5H2,(H,13,18). The fourth-order valence-electron chi connectivity index (χ4n) is 2.16. The third-order valence-corrected chi connectivity index (χ3v) is 3.19. The Morgan fingerprint density at radius 2 is 2.11 bits per heavy atom. The van der Waals surface area contributed by atoms with Crippen molar-refractivity contribution < 1.29 is 9.18 Å². The van der Waals surface area contributed by atoms with Crippen LogP contribution in [0.15, 0.2) is 24.3 Å². The van der Waals surface area contributed by atoms with Crippen LogP contribution in [0.5, 0.6) is 0 Å². The summed E-state index contributed by atoms with van der Waals surface area (Å²) in [6.07, 6.45) is 0.425. The van der Waals surface area contributed by atoms with E-state index in [0.717, 1.165) is 12.0 Å². The lowest BCUT2D eigenvalue weighted by Crippen LogP contribution is -2.50. The summed E-state index contributed by atoms with van der Waals surface area (Å²) < 4.78 is 13.1. The summed E-state index contributed by atoms with van der Waals surface area (Å²) in [5.74, 6) is -0.245. The van der Waals surface area contributed by atoms with Crippen molar-refractivity contribution >= 4 is 5.91 Å². The number of hydrogen-bond acceptors (Lipinski definition) is 5. The lowest BCUT2D eigenvalue weighted by Gasteiger charge is -2.11. The van der Waals surface area contributed by atoms with Crippen molar-refractivity contribution in [3.05, 3.63) is 35.6 Å². The van der Waals surface area contributed by atoms with Crippen molar-refractivity contribution in [1.29, 1.82) is 0 Å². The smallest absolute Gasteiger partial charge is 0.226 e. The van der Waals surface area contributed by atoms with Crippen LogP contribution in [-0.2, 0) is 4.79 Å². The molecule has 2 aliphatic rings. The van der Waals surface area contributed by atoms with Gasteiger partial charge in [0, 0.05) is 5.92 Å². The molecule has 5 N–H and O–H groups in total. The molecule has 6 nitrogen and oxygen atoms in total. The van der Waals surface area contributed by atoms with E-state index in [4.69, 9.17) is 0 Å². The number of carbonyl (C=O) groups is 1. The Morgan fingerprint density at radius 3 is 2.83 bits per heavy atom. The largest absolute Gasteiger partial charge is 0.326 e. The molecule has 1 aliphatic carbocycles. The summed E-state index contributed by atoms with van der Waals surface area (Å²) in [7, 11) is 0. The third-order valence-electron chi connectivity index (χ3n) is 3.19. The van der Waals surface area contributed by atoms with Crippen molar-refractivity contribution in [2.45, 2.75) is 18.6 Å². The van der Waals surface area contributed by atoms with Crippen molar-refractivity contribution in [1.82, 2.24) is 27.2 Å². The molecule has 1 amide bonds. The molecule has 1 saturated heterocycles. The van der Waals surface area contributed by atoms with E-state index < -0.39 is 0 Å². The third kappa shape index (κ3) is 2.34. The van der Waals surface area contributed by atoms with Crippen LogP contribution in [0.3, 0.4) is 0 Å². The van der Waals surface area contributed by atoms with Gasteiger partial charge in [-0.3, -0.25) is 4.79 Å². The molecule has 1 aromatic carbocycles. The highest BCUT2D eigenvalue weighted by atomic mass is 19.1. The maximum absolute atomic E-state index is 13.1. The van der Waals surface area contributed by atoms with E-state index in [0.29, 0.717) is 0 Å². The molecule has 3 rings (SSSR count). The van der Waals surface area contributed by atoms with E-state index in [-0.39, 0.29) is 29.8 Å². The van der Waals surface area contributed by atoms with Gasteiger partial charge in [-0.1, -0.05) is 12.1 Å². The second kappa shape index (κ2) is 4.62. The molecule has 1 heterocycles. The van der Waals surface area contributed by atoms with Gasteiger partial charge in [-0.25, -0.2) is 15.2 Å². The highest BCUT2D eigenvalue weighted by molar-refractivity contribution is 5.83. The Bertz CT molecular complexity index is 463. The number of nitrogens with one attached hydrogen (secondary N) is 5. The molecule has 1 aromatic rings. The summed E-state index contributed by atoms with van der Waals surface area (Å²) in [5, 5.41) is 2.78. The molecule has 96 valence electrons. The van der Waals surface area contributed by atoms with Gasteiger partial charge in [0.05, 0.1) is 0 Å². The summed E-state index contributed by atoms with van der Waals surface area (Å²) in [6.45, 7) is 0. The average molecular weight is 251 g/mol. The van der Waals surface area contributed by atoms with E-state index >= 15 is 0 Å². The van der Waals surface area contributed by atoms with Gasteiger partial charge in [0.1, 0.15) is 5.82 Å². The van der Waals surface area contributed by atoms with Gasteiger partial charge in [0.2, 0.25) is 5.91 Å². The van der Waals surface area contributed by atoms with Gasteiger partial charge in [0.25, 0.3) is 0 Å². The quantitative estimate of drug-likeness (QED) is 0.498. The molecule has 1 saturated carbocycles. The second-order valence-electron chi connectivity index (χ2n) is 4.48. The normalized spacial score (nSPS) is 27.2. The van der Waals surface area contributed by atoms with Crippen molar-refractivity contribution in [3.63, 3.8) is 0 Å². The number of carbonyl (C=O) groups excluding carboxylic acids is 1. The predicted molar refractivity (Wildman–Crippen MR) is 61.7 cm³/mol. The van der Waals surface area contributed by atoms with Gasteiger partial charge < -0.3 is 5.32 Å². The lowest BCUT2D eigenvalue weighted by molar-refractivity contribution is -0.123. The molecule has 0 bridgehead atoms. The van der Waals surface area contributed by atoms with Crippen molar-refractivity contribution in [3.8, 4) is 0 Å². The summed E-state index contributed by atoms with van der Waals surface area (Å²) in [4.78, 5) is 11.9. The van der Waals surface area contributed by atoms with Crippen LogP contribution >= 0.6 is 0 Å². The van der Waals surface area contributed by atoms with Crippen LogP contribution in [0.25, 0.3) is 0 Å². The van der Waals surface area contributed by atoms with Crippen molar-refractivity contribution in [2.24, 2.45) is 5.92 Å². The van der Waals surface area contributed by atoms with Gasteiger partial charge in [-0.15, -0.1) is 0 Å². The van der Waals surface area contributed by atoms with E-state index in [1.54, 1.807) is 6.07 Å². The molecular weight excluding hydrogens is 237 g/mol. The van der Waals surface area contributed by atoms with Crippen LogP contribution in [0.4, 0.5) is 4.39 Å². The molecule has 18 heavy (non-hydrogen) atoms. The maximum atomic E-state index is 13.1. The van der Waals surface area contributed by atoms with Gasteiger partial charge in [-0.05, 0) is 30.0 Å². The Morgan fingerprint density at radius 1 is 1.33 bits per heavy atom. The van der Waals surface area contributed by atoms with E-state index in [9.17, 15) is 9.18 Å². The molecular formula is C11H14FN5O.